The topological polar surface area (TPSA) is 149 Å². The third-order valence-electron chi connectivity index (χ3n) is 13.7. The molecule has 1 saturated heterocycles. The number of allylic oxidation sites excluding steroid dienone is 5. The molecule has 7 unspecified atom stereocenters. The van der Waals surface area contributed by atoms with E-state index in [1.807, 2.05) is 6.08 Å². The van der Waals surface area contributed by atoms with E-state index in [2.05, 4.69) is 43.5 Å². The molecule has 0 aliphatic carbocycles. The fourth-order valence-electron chi connectivity index (χ4n) is 9.11. The minimum absolute atomic E-state index is 0.187. The SMILES string of the molecule is CCCCC/C=C/CC/C=C/C(O)C(COC1OC(CO)C(O)C(O)C1O)NC(=O)CCCCCCCCCCCCCCCCCCC/C=C\CCCCCCCCCCCCCCCC. The highest BCUT2D eigenvalue weighted by atomic mass is 16.7. The first kappa shape index (κ1) is 63.4. The zero-order valence-corrected chi connectivity index (χ0v) is 43.7. The van der Waals surface area contributed by atoms with E-state index in [0.717, 1.165) is 38.5 Å². The summed E-state index contributed by atoms with van der Waals surface area (Å²) >= 11 is 0. The lowest BCUT2D eigenvalue weighted by molar-refractivity contribution is -0.302. The van der Waals surface area contributed by atoms with E-state index in [1.165, 1.54) is 212 Å². The molecular weight excluding hydrogens is 839 g/mol. The van der Waals surface area contributed by atoms with Gasteiger partial charge in [0.2, 0.25) is 5.91 Å². The highest BCUT2D eigenvalue weighted by Gasteiger charge is 2.44. The second-order valence-electron chi connectivity index (χ2n) is 20.1. The summed E-state index contributed by atoms with van der Waals surface area (Å²) in [5.74, 6) is -0.187. The van der Waals surface area contributed by atoms with Crippen LogP contribution in [0.3, 0.4) is 0 Å². The summed E-state index contributed by atoms with van der Waals surface area (Å²) in [4.78, 5) is 13.0. The molecule has 0 aromatic heterocycles. The Bertz CT molecular complexity index is 1150. The van der Waals surface area contributed by atoms with Crippen molar-refractivity contribution in [3.05, 3.63) is 36.5 Å². The lowest BCUT2D eigenvalue weighted by Gasteiger charge is -2.40. The number of carbonyl (C=O) groups excluding carboxylic acids is 1. The van der Waals surface area contributed by atoms with Gasteiger partial charge in [-0.1, -0.05) is 243 Å². The summed E-state index contributed by atoms with van der Waals surface area (Å²) in [7, 11) is 0. The van der Waals surface area contributed by atoms with Crippen LogP contribution in [0.15, 0.2) is 36.5 Å². The molecule has 9 nitrogen and oxygen atoms in total. The molecule has 0 aromatic rings. The summed E-state index contributed by atoms with van der Waals surface area (Å²) in [5, 5.41) is 54.1. The van der Waals surface area contributed by atoms with Gasteiger partial charge in [-0.05, 0) is 57.8 Å². The maximum absolute atomic E-state index is 13.0. The van der Waals surface area contributed by atoms with Crippen molar-refractivity contribution in [1.82, 2.24) is 5.32 Å². The first-order valence-corrected chi connectivity index (χ1v) is 28.7. The molecule has 0 saturated carbocycles. The van der Waals surface area contributed by atoms with E-state index < -0.39 is 49.5 Å². The number of amides is 1. The lowest BCUT2D eigenvalue weighted by atomic mass is 9.99. The Morgan fingerprint density at radius 3 is 1.28 bits per heavy atom. The number of hydrogen-bond acceptors (Lipinski definition) is 8. The quantitative estimate of drug-likeness (QED) is 0.0261. The Kier molecular flexibility index (Phi) is 45.5. The fourth-order valence-corrected chi connectivity index (χ4v) is 9.11. The normalized spacial score (nSPS) is 19.9. The first-order valence-electron chi connectivity index (χ1n) is 28.7. The van der Waals surface area contributed by atoms with Gasteiger partial charge in [-0.3, -0.25) is 4.79 Å². The smallest absolute Gasteiger partial charge is 0.220 e. The molecule has 1 aliphatic heterocycles. The summed E-state index contributed by atoms with van der Waals surface area (Å²) in [6.45, 7) is 3.72. The van der Waals surface area contributed by atoms with Crippen molar-refractivity contribution < 1.29 is 39.8 Å². The van der Waals surface area contributed by atoms with E-state index in [-0.39, 0.29) is 12.5 Å². The molecule has 1 rings (SSSR count). The van der Waals surface area contributed by atoms with Gasteiger partial charge in [-0.2, -0.15) is 0 Å². The van der Waals surface area contributed by atoms with Gasteiger partial charge in [0.25, 0.3) is 0 Å². The third-order valence-corrected chi connectivity index (χ3v) is 13.7. The number of aliphatic hydroxyl groups is 5. The average Bonchev–Trinajstić information content (AvgIpc) is 3.33. The Morgan fingerprint density at radius 2 is 0.851 bits per heavy atom. The molecule has 0 radical (unpaired) electrons. The van der Waals surface area contributed by atoms with Gasteiger partial charge < -0.3 is 40.3 Å². The molecule has 6 N–H and O–H groups in total. The van der Waals surface area contributed by atoms with Gasteiger partial charge in [-0.25, -0.2) is 0 Å². The number of ether oxygens (including phenoxy) is 2. The van der Waals surface area contributed by atoms with Crippen LogP contribution in [0.1, 0.15) is 271 Å². The molecule has 1 fully saturated rings. The van der Waals surface area contributed by atoms with Crippen molar-refractivity contribution >= 4 is 5.91 Å². The Morgan fingerprint density at radius 1 is 0.493 bits per heavy atom. The van der Waals surface area contributed by atoms with E-state index in [1.54, 1.807) is 6.08 Å². The average molecular weight is 949 g/mol. The van der Waals surface area contributed by atoms with Crippen LogP contribution in [0.4, 0.5) is 0 Å². The van der Waals surface area contributed by atoms with E-state index >= 15 is 0 Å². The summed E-state index contributed by atoms with van der Waals surface area (Å²) < 4.78 is 11.2. The number of hydrogen-bond donors (Lipinski definition) is 6. The highest BCUT2D eigenvalue weighted by molar-refractivity contribution is 5.76. The van der Waals surface area contributed by atoms with Crippen LogP contribution >= 0.6 is 0 Å². The molecule has 9 heteroatoms. The van der Waals surface area contributed by atoms with Crippen molar-refractivity contribution in [3.8, 4) is 0 Å². The molecule has 394 valence electrons. The van der Waals surface area contributed by atoms with Crippen molar-refractivity contribution in [2.75, 3.05) is 13.2 Å². The fraction of sp³-hybridized carbons (Fsp3) is 0.879. The van der Waals surface area contributed by atoms with Gasteiger partial charge in [-0.15, -0.1) is 0 Å². The van der Waals surface area contributed by atoms with Gasteiger partial charge in [0.15, 0.2) is 6.29 Å². The zero-order chi connectivity index (χ0) is 48.7. The van der Waals surface area contributed by atoms with Crippen LogP contribution in [0.2, 0.25) is 0 Å². The summed E-state index contributed by atoms with van der Waals surface area (Å²) in [5.41, 5.74) is 0. The largest absolute Gasteiger partial charge is 0.394 e. The Hall–Kier alpha value is -1.59. The molecule has 0 aromatic carbocycles. The third kappa shape index (κ3) is 37.9. The molecule has 7 atom stereocenters. The molecule has 0 spiro atoms. The Labute approximate surface area is 412 Å². The number of unbranched alkanes of at least 4 members (excludes halogenated alkanes) is 35. The number of carbonyl (C=O) groups is 1. The van der Waals surface area contributed by atoms with Crippen molar-refractivity contribution in [2.24, 2.45) is 0 Å². The molecule has 1 amide bonds. The predicted molar refractivity (Wildman–Crippen MR) is 281 cm³/mol. The van der Waals surface area contributed by atoms with Crippen LogP contribution in [0.5, 0.6) is 0 Å². The highest BCUT2D eigenvalue weighted by Crippen LogP contribution is 2.23. The summed E-state index contributed by atoms with van der Waals surface area (Å²) in [6, 6.07) is -0.818. The molecule has 0 bridgehead atoms. The number of rotatable bonds is 49. The first-order chi connectivity index (χ1) is 32.8. The van der Waals surface area contributed by atoms with E-state index in [0.29, 0.717) is 6.42 Å². The van der Waals surface area contributed by atoms with Gasteiger partial charge in [0.1, 0.15) is 24.4 Å². The van der Waals surface area contributed by atoms with E-state index in [4.69, 9.17) is 9.47 Å². The maximum Gasteiger partial charge on any atom is 0.220 e. The molecule has 1 heterocycles. The Balaban J connectivity index is 2.04. The lowest BCUT2D eigenvalue weighted by Crippen LogP contribution is -2.60. The van der Waals surface area contributed by atoms with Crippen molar-refractivity contribution in [3.63, 3.8) is 0 Å². The molecule has 67 heavy (non-hydrogen) atoms. The standard InChI is InChI=1S/C58H109NO8/c1-3-5-7-9-11-13-14-15-16-17-18-19-20-21-22-23-24-25-26-27-28-29-30-31-32-33-34-35-36-37-38-40-42-44-46-48-54(62)59-51(52(61)47-45-43-41-39-12-10-8-6-4-2)50-66-58-57(65)56(64)55(63)53(49-60)67-58/h12,23-24,39,45,47,51-53,55-58,60-61,63-65H,3-11,13-22,25-38,40-44,46,48-50H2,1-2H3,(H,59,62)/b24-23-,39-12+,47-45+. The minimum atomic E-state index is -1.57. The van der Waals surface area contributed by atoms with Gasteiger partial charge in [0, 0.05) is 6.42 Å². The van der Waals surface area contributed by atoms with Crippen LogP contribution in [-0.2, 0) is 14.3 Å². The second kappa shape index (κ2) is 48.1. The number of nitrogens with one attached hydrogen (secondary N) is 1. The molecular formula is C58H109NO8. The van der Waals surface area contributed by atoms with Crippen molar-refractivity contribution in [2.45, 2.75) is 314 Å². The predicted octanol–water partition coefficient (Wildman–Crippen LogP) is 14.0. The minimum Gasteiger partial charge on any atom is -0.394 e. The summed E-state index contributed by atoms with van der Waals surface area (Å²) in [6.07, 6.45) is 55.5. The number of aliphatic hydroxyl groups excluding tert-OH is 5. The molecule has 1 aliphatic rings. The zero-order valence-electron chi connectivity index (χ0n) is 43.7. The van der Waals surface area contributed by atoms with E-state index in [9.17, 15) is 30.3 Å². The van der Waals surface area contributed by atoms with Crippen LogP contribution in [0, 0.1) is 0 Å². The monoisotopic (exact) mass is 948 g/mol. The van der Waals surface area contributed by atoms with Crippen LogP contribution < -0.4 is 5.32 Å². The van der Waals surface area contributed by atoms with Gasteiger partial charge in [0.05, 0.1) is 25.4 Å². The second-order valence-corrected chi connectivity index (χ2v) is 20.1. The maximum atomic E-state index is 13.0. The van der Waals surface area contributed by atoms with Crippen molar-refractivity contribution in [1.29, 1.82) is 0 Å². The van der Waals surface area contributed by atoms with Crippen LogP contribution in [-0.4, -0.2) is 87.5 Å². The van der Waals surface area contributed by atoms with Gasteiger partial charge >= 0.3 is 0 Å². The van der Waals surface area contributed by atoms with Crippen LogP contribution in [0.25, 0.3) is 0 Å².